The summed E-state index contributed by atoms with van der Waals surface area (Å²) in [7, 11) is 3.72. The molecule has 92 valence electrons. The third-order valence-electron chi connectivity index (χ3n) is 2.00. The van der Waals surface area contributed by atoms with Gasteiger partial charge in [-0.15, -0.1) is 0 Å². The molecule has 4 heteroatoms. The lowest BCUT2D eigenvalue weighted by molar-refractivity contribution is 0.0863. The molecule has 0 spiro atoms. The fraction of sp³-hybridized carbons (Fsp3) is 1.00. The first-order chi connectivity index (χ1) is 7.06. The monoisotopic (exact) mass is 218 g/mol. The SMILES string of the molecule is COCC(N)CN(C)CCOCC(C)C. The van der Waals surface area contributed by atoms with Crippen molar-refractivity contribution in [3.05, 3.63) is 0 Å². The number of rotatable bonds is 9. The number of likely N-dealkylation sites (N-methyl/N-ethyl adjacent to an activating group) is 1. The molecule has 2 N–H and O–H groups in total. The summed E-state index contributed by atoms with van der Waals surface area (Å²) in [5.74, 6) is 0.603. The van der Waals surface area contributed by atoms with Crippen LogP contribution < -0.4 is 5.73 Å². The van der Waals surface area contributed by atoms with Gasteiger partial charge in [-0.05, 0) is 13.0 Å². The van der Waals surface area contributed by atoms with E-state index in [2.05, 4.69) is 18.7 Å². The van der Waals surface area contributed by atoms with E-state index in [1.807, 2.05) is 7.05 Å². The molecule has 0 aromatic heterocycles. The third-order valence-corrected chi connectivity index (χ3v) is 2.00. The summed E-state index contributed by atoms with van der Waals surface area (Å²) in [6.45, 7) is 8.28. The Balaban J connectivity index is 3.36. The van der Waals surface area contributed by atoms with E-state index in [4.69, 9.17) is 15.2 Å². The van der Waals surface area contributed by atoms with Gasteiger partial charge in [0, 0.05) is 32.8 Å². The summed E-state index contributed by atoms with van der Waals surface area (Å²) in [6.07, 6.45) is 0. The lowest BCUT2D eigenvalue weighted by Crippen LogP contribution is -2.39. The normalized spacial score (nSPS) is 13.8. The molecular formula is C11H26N2O2. The molecule has 0 aliphatic rings. The van der Waals surface area contributed by atoms with Crippen molar-refractivity contribution in [1.82, 2.24) is 4.90 Å². The number of nitrogens with two attached hydrogens (primary N) is 1. The van der Waals surface area contributed by atoms with E-state index < -0.39 is 0 Å². The Morgan fingerprint density at radius 1 is 1.27 bits per heavy atom. The van der Waals surface area contributed by atoms with Gasteiger partial charge < -0.3 is 20.1 Å². The van der Waals surface area contributed by atoms with Gasteiger partial charge >= 0.3 is 0 Å². The first kappa shape index (κ1) is 14.8. The molecule has 0 amide bonds. The van der Waals surface area contributed by atoms with Crippen molar-refractivity contribution in [3.8, 4) is 0 Å². The van der Waals surface area contributed by atoms with E-state index in [0.717, 1.165) is 26.3 Å². The van der Waals surface area contributed by atoms with Gasteiger partial charge in [0.05, 0.1) is 13.2 Å². The molecule has 1 atom stereocenters. The first-order valence-corrected chi connectivity index (χ1v) is 5.57. The average Bonchev–Trinajstić information content (AvgIpc) is 2.12. The van der Waals surface area contributed by atoms with E-state index in [1.165, 1.54) is 0 Å². The van der Waals surface area contributed by atoms with E-state index in [0.29, 0.717) is 12.5 Å². The minimum absolute atomic E-state index is 0.0881. The smallest absolute Gasteiger partial charge is 0.0626 e. The van der Waals surface area contributed by atoms with Gasteiger partial charge in [-0.25, -0.2) is 0 Å². The Labute approximate surface area is 93.7 Å². The van der Waals surface area contributed by atoms with Crippen LogP contribution in [0.4, 0.5) is 0 Å². The van der Waals surface area contributed by atoms with E-state index in [-0.39, 0.29) is 6.04 Å². The van der Waals surface area contributed by atoms with Crippen molar-refractivity contribution in [2.45, 2.75) is 19.9 Å². The molecule has 15 heavy (non-hydrogen) atoms. The van der Waals surface area contributed by atoms with Crippen molar-refractivity contribution in [2.75, 3.05) is 47.1 Å². The third kappa shape index (κ3) is 10.1. The van der Waals surface area contributed by atoms with Crippen LogP contribution in [0.15, 0.2) is 0 Å². The van der Waals surface area contributed by atoms with Crippen molar-refractivity contribution >= 4 is 0 Å². The summed E-state index contributed by atoms with van der Waals surface area (Å²) in [4.78, 5) is 2.17. The number of methoxy groups -OCH3 is 1. The van der Waals surface area contributed by atoms with E-state index >= 15 is 0 Å². The predicted octanol–water partition coefficient (Wildman–Crippen LogP) is 0.565. The largest absolute Gasteiger partial charge is 0.383 e. The Hall–Kier alpha value is -0.160. The molecule has 0 fully saturated rings. The standard InChI is InChI=1S/C11H26N2O2/c1-10(2)8-15-6-5-13(3)7-11(12)9-14-4/h10-11H,5-9,12H2,1-4H3. The highest BCUT2D eigenvalue weighted by atomic mass is 16.5. The molecule has 0 aromatic carbocycles. The highest BCUT2D eigenvalue weighted by Crippen LogP contribution is 1.93. The molecule has 0 aliphatic heterocycles. The molecule has 0 saturated carbocycles. The fourth-order valence-corrected chi connectivity index (χ4v) is 1.30. The number of nitrogens with zero attached hydrogens (tertiary/aromatic N) is 1. The van der Waals surface area contributed by atoms with Crippen LogP contribution in [-0.2, 0) is 9.47 Å². The van der Waals surface area contributed by atoms with Gasteiger partial charge in [0.15, 0.2) is 0 Å². The van der Waals surface area contributed by atoms with E-state index in [1.54, 1.807) is 7.11 Å². The summed E-state index contributed by atoms with van der Waals surface area (Å²) in [5, 5.41) is 0. The Bertz CT molecular complexity index is 143. The van der Waals surface area contributed by atoms with Crippen molar-refractivity contribution < 1.29 is 9.47 Å². The quantitative estimate of drug-likeness (QED) is 0.575. The molecule has 0 heterocycles. The van der Waals surface area contributed by atoms with Crippen molar-refractivity contribution in [3.63, 3.8) is 0 Å². The highest BCUT2D eigenvalue weighted by Gasteiger charge is 2.06. The molecule has 0 saturated heterocycles. The maximum Gasteiger partial charge on any atom is 0.0626 e. The van der Waals surface area contributed by atoms with Crippen LogP contribution in [0.2, 0.25) is 0 Å². The highest BCUT2D eigenvalue weighted by molar-refractivity contribution is 4.64. The van der Waals surface area contributed by atoms with E-state index in [9.17, 15) is 0 Å². The summed E-state index contributed by atoms with van der Waals surface area (Å²) < 4.78 is 10.5. The van der Waals surface area contributed by atoms with Gasteiger partial charge in [0.1, 0.15) is 0 Å². The summed E-state index contributed by atoms with van der Waals surface area (Å²) in [6, 6.07) is 0.0881. The van der Waals surface area contributed by atoms with Gasteiger partial charge in [-0.1, -0.05) is 13.8 Å². The zero-order valence-electron chi connectivity index (χ0n) is 10.5. The predicted molar refractivity (Wildman–Crippen MR) is 63.0 cm³/mol. The molecular weight excluding hydrogens is 192 g/mol. The Kier molecular flexibility index (Phi) is 9.00. The maximum atomic E-state index is 5.83. The minimum atomic E-state index is 0.0881. The number of ether oxygens (including phenoxy) is 2. The second-order valence-electron chi connectivity index (χ2n) is 4.45. The molecule has 4 nitrogen and oxygen atoms in total. The van der Waals surface area contributed by atoms with Gasteiger partial charge in [0.2, 0.25) is 0 Å². The second kappa shape index (κ2) is 9.09. The van der Waals surface area contributed by atoms with Crippen LogP contribution in [0.3, 0.4) is 0 Å². The van der Waals surface area contributed by atoms with Crippen LogP contribution >= 0.6 is 0 Å². The molecule has 0 rings (SSSR count). The van der Waals surface area contributed by atoms with Gasteiger partial charge in [-0.2, -0.15) is 0 Å². The maximum absolute atomic E-state index is 5.83. The van der Waals surface area contributed by atoms with Crippen molar-refractivity contribution in [2.24, 2.45) is 11.7 Å². The Morgan fingerprint density at radius 2 is 1.93 bits per heavy atom. The summed E-state index contributed by atoms with van der Waals surface area (Å²) >= 11 is 0. The Morgan fingerprint density at radius 3 is 2.47 bits per heavy atom. The topological polar surface area (TPSA) is 47.7 Å². The second-order valence-corrected chi connectivity index (χ2v) is 4.45. The minimum Gasteiger partial charge on any atom is -0.383 e. The zero-order chi connectivity index (χ0) is 11.7. The number of hydrogen-bond acceptors (Lipinski definition) is 4. The van der Waals surface area contributed by atoms with Crippen LogP contribution in [0.25, 0.3) is 0 Å². The lowest BCUT2D eigenvalue weighted by Gasteiger charge is -2.20. The molecule has 0 bridgehead atoms. The first-order valence-electron chi connectivity index (χ1n) is 5.57. The van der Waals surface area contributed by atoms with Crippen LogP contribution in [0.5, 0.6) is 0 Å². The summed E-state index contributed by atoms with van der Waals surface area (Å²) in [5.41, 5.74) is 5.83. The van der Waals surface area contributed by atoms with Gasteiger partial charge in [0.25, 0.3) is 0 Å². The van der Waals surface area contributed by atoms with Crippen molar-refractivity contribution in [1.29, 1.82) is 0 Å². The van der Waals surface area contributed by atoms with Crippen LogP contribution in [0, 0.1) is 5.92 Å². The fourth-order valence-electron chi connectivity index (χ4n) is 1.30. The molecule has 1 unspecified atom stereocenters. The molecule has 0 aliphatic carbocycles. The molecule has 0 radical (unpaired) electrons. The molecule has 0 aromatic rings. The van der Waals surface area contributed by atoms with Crippen LogP contribution in [0.1, 0.15) is 13.8 Å². The zero-order valence-corrected chi connectivity index (χ0v) is 10.5. The number of hydrogen-bond donors (Lipinski definition) is 1. The average molecular weight is 218 g/mol. The lowest BCUT2D eigenvalue weighted by atomic mass is 10.2. The van der Waals surface area contributed by atoms with Gasteiger partial charge in [-0.3, -0.25) is 0 Å². The van der Waals surface area contributed by atoms with Crippen LogP contribution in [-0.4, -0.2) is 58.0 Å².